The van der Waals surface area contributed by atoms with Crippen LogP contribution in [-0.2, 0) is 11.3 Å². The Kier molecular flexibility index (Phi) is 5.72. The second kappa shape index (κ2) is 8.18. The van der Waals surface area contributed by atoms with Crippen LogP contribution in [0, 0.1) is 20.8 Å². The number of halogens is 1. The molecule has 3 rings (SSSR count). The molecule has 0 saturated heterocycles. The van der Waals surface area contributed by atoms with Crippen molar-refractivity contribution in [2.75, 3.05) is 5.32 Å². The van der Waals surface area contributed by atoms with Crippen molar-refractivity contribution in [1.82, 2.24) is 14.8 Å². The predicted octanol–water partition coefficient (Wildman–Crippen LogP) is 4.56. The molecule has 1 N–H and O–H groups in total. The Morgan fingerprint density at radius 1 is 1.19 bits per heavy atom. The summed E-state index contributed by atoms with van der Waals surface area (Å²) in [6, 6.07) is 11.4. The van der Waals surface area contributed by atoms with E-state index in [4.69, 9.17) is 11.6 Å². The minimum Gasteiger partial charge on any atom is -0.307 e. The molecule has 0 bridgehead atoms. The number of nitrogens with zero attached hydrogens (tertiary/aromatic N) is 3. The Morgan fingerprint density at radius 3 is 2.67 bits per heavy atom. The first-order valence-electron chi connectivity index (χ1n) is 8.63. The third-order valence-corrected chi connectivity index (χ3v) is 4.65. The Labute approximate surface area is 163 Å². The number of carbonyl (C=O) groups is 1. The standard InChI is InChI=1S/C21H21ClN4O/c1-14-8-10-20(23-12-14)24-21(27)11-9-18-15(2)25-26(16(18)3)13-17-6-4-5-7-19(17)22/h4-12H,13H2,1-3H3,(H,23,24,27)/b11-9+. The maximum atomic E-state index is 12.2. The van der Waals surface area contributed by atoms with E-state index in [0.29, 0.717) is 17.4 Å². The molecule has 0 spiro atoms. The number of rotatable bonds is 5. The number of hydrogen-bond acceptors (Lipinski definition) is 3. The zero-order valence-corrected chi connectivity index (χ0v) is 16.3. The summed E-state index contributed by atoms with van der Waals surface area (Å²) in [5.41, 5.74) is 4.81. The maximum absolute atomic E-state index is 12.2. The summed E-state index contributed by atoms with van der Waals surface area (Å²) < 4.78 is 1.90. The number of amides is 1. The first-order chi connectivity index (χ1) is 12.9. The van der Waals surface area contributed by atoms with Crippen molar-refractivity contribution in [1.29, 1.82) is 0 Å². The van der Waals surface area contributed by atoms with Crippen LogP contribution in [0.3, 0.4) is 0 Å². The molecule has 0 aliphatic rings. The summed E-state index contributed by atoms with van der Waals surface area (Å²) in [7, 11) is 0. The van der Waals surface area contributed by atoms with Gasteiger partial charge in [-0.05, 0) is 50.1 Å². The van der Waals surface area contributed by atoms with Crippen molar-refractivity contribution < 1.29 is 4.79 Å². The average Bonchev–Trinajstić information content (AvgIpc) is 2.90. The zero-order chi connectivity index (χ0) is 19.4. The summed E-state index contributed by atoms with van der Waals surface area (Å²) in [5.74, 6) is 0.294. The minimum absolute atomic E-state index is 0.232. The van der Waals surface area contributed by atoms with E-state index in [1.807, 2.05) is 55.8 Å². The van der Waals surface area contributed by atoms with Crippen molar-refractivity contribution in [3.8, 4) is 0 Å². The molecule has 2 aromatic heterocycles. The van der Waals surface area contributed by atoms with E-state index in [1.165, 1.54) is 6.08 Å². The molecule has 1 amide bonds. The Balaban J connectivity index is 1.74. The van der Waals surface area contributed by atoms with Gasteiger partial charge in [-0.3, -0.25) is 9.48 Å². The van der Waals surface area contributed by atoms with Crippen molar-refractivity contribution in [2.45, 2.75) is 27.3 Å². The molecule has 0 aliphatic heterocycles. The molecule has 3 aromatic rings. The average molecular weight is 381 g/mol. The number of hydrogen-bond donors (Lipinski definition) is 1. The first kappa shape index (κ1) is 18.9. The van der Waals surface area contributed by atoms with Gasteiger partial charge in [0.1, 0.15) is 5.82 Å². The van der Waals surface area contributed by atoms with Gasteiger partial charge in [-0.15, -0.1) is 0 Å². The van der Waals surface area contributed by atoms with Crippen LogP contribution in [0.25, 0.3) is 6.08 Å². The second-order valence-electron chi connectivity index (χ2n) is 6.38. The van der Waals surface area contributed by atoms with Crippen LogP contribution in [-0.4, -0.2) is 20.7 Å². The van der Waals surface area contributed by atoms with Gasteiger partial charge in [0, 0.05) is 28.6 Å². The molecule has 27 heavy (non-hydrogen) atoms. The highest BCUT2D eigenvalue weighted by Crippen LogP contribution is 2.20. The summed E-state index contributed by atoms with van der Waals surface area (Å²) >= 11 is 6.25. The van der Waals surface area contributed by atoms with E-state index in [-0.39, 0.29) is 5.91 Å². The van der Waals surface area contributed by atoms with Crippen molar-refractivity contribution in [2.24, 2.45) is 0 Å². The number of carbonyl (C=O) groups excluding carboxylic acids is 1. The lowest BCUT2D eigenvalue weighted by molar-refractivity contribution is -0.111. The lowest BCUT2D eigenvalue weighted by Gasteiger charge is -2.06. The molecule has 0 radical (unpaired) electrons. The van der Waals surface area contributed by atoms with E-state index in [0.717, 1.165) is 28.1 Å². The molecular formula is C21H21ClN4O. The molecule has 6 heteroatoms. The van der Waals surface area contributed by atoms with Crippen molar-refractivity contribution >= 4 is 29.4 Å². The van der Waals surface area contributed by atoms with Crippen molar-refractivity contribution in [3.05, 3.63) is 81.8 Å². The van der Waals surface area contributed by atoms with Gasteiger partial charge < -0.3 is 5.32 Å². The smallest absolute Gasteiger partial charge is 0.249 e. The van der Waals surface area contributed by atoms with Crippen molar-refractivity contribution in [3.63, 3.8) is 0 Å². The van der Waals surface area contributed by atoms with Crippen LogP contribution in [0.2, 0.25) is 5.02 Å². The van der Waals surface area contributed by atoms with Crippen LogP contribution in [0.4, 0.5) is 5.82 Å². The summed E-state index contributed by atoms with van der Waals surface area (Å²) in [6.45, 7) is 6.44. The largest absolute Gasteiger partial charge is 0.307 e. The fourth-order valence-corrected chi connectivity index (χ4v) is 2.96. The molecule has 138 valence electrons. The summed E-state index contributed by atoms with van der Waals surface area (Å²) in [5, 5.41) is 8.05. The predicted molar refractivity (Wildman–Crippen MR) is 109 cm³/mol. The zero-order valence-electron chi connectivity index (χ0n) is 15.5. The number of aryl methyl sites for hydroxylation is 2. The van der Waals surface area contributed by atoms with Crippen LogP contribution >= 0.6 is 11.6 Å². The van der Waals surface area contributed by atoms with Gasteiger partial charge in [0.05, 0.1) is 12.2 Å². The molecule has 0 atom stereocenters. The Morgan fingerprint density at radius 2 is 1.96 bits per heavy atom. The summed E-state index contributed by atoms with van der Waals surface area (Å²) in [4.78, 5) is 16.3. The van der Waals surface area contributed by atoms with Crippen LogP contribution in [0.15, 0.2) is 48.7 Å². The number of pyridine rings is 1. The first-order valence-corrected chi connectivity index (χ1v) is 9.01. The molecule has 2 heterocycles. The van der Waals surface area contributed by atoms with E-state index >= 15 is 0 Å². The van der Waals surface area contributed by atoms with E-state index in [1.54, 1.807) is 18.3 Å². The van der Waals surface area contributed by atoms with E-state index in [2.05, 4.69) is 15.4 Å². The molecular weight excluding hydrogens is 360 g/mol. The number of benzene rings is 1. The lowest BCUT2D eigenvalue weighted by Crippen LogP contribution is -2.09. The molecule has 0 unspecified atom stereocenters. The number of aromatic nitrogens is 3. The fourth-order valence-electron chi connectivity index (χ4n) is 2.76. The van der Waals surface area contributed by atoms with Crippen LogP contribution in [0.1, 0.15) is 28.1 Å². The highest BCUT2D eigenvalue weighted by atomic mass is 35.5. The topological polar surface area (TPSA) is 59.8 Å². The number of nitrogens with one attached hydrogen (secondary N) is 1. The van der Waals surface area contributed by atoms with Gasteiger partial charge in [0.25, 0.3) is 0 Å². The van der Waals surface area contributed by atoms with Gasteiger partial charge in [-0.2, -0.15) is 5.10 Å². The third-order valence-electron chi connectivity index (χ3n) is 4.28. The molecule has 5 nitrogen and oxygen atoms in total. The quantitative estimate of drug-likeness (QED) is 0.660. The highest BCUT2D eigenvalue weighted by molar-refractivity contribution is 6.31. The van der Waals surface area contributed by atoms with Gasteiger partial charge in [-0.25, -0.2) is 4.98 Å². The molecule has 1 aromatic carbocycles. The van der Waals surface area contributed by atoms with E-state index in [9.17, 15) is 4.79 Å². The van der Waals surface area contributed by atoms with Gasteiger partial charge in [-0.1, -0.05) is 35.9 Å². The lowest BCUT2D eigenvalue weighted by atomic mass is 10.1. The van der Waals surface area contributed by atoms with Gasteiger partial charge >= 0.3 is 0 Å². The molecule has 0 fully saturated rings. The van der Waals surface area contributed by atoms with Gasteiger partial charge in [0.2, 0.25) is 5.91 Å². The second-order valence-corrected chi connectivity index (χ2v) is 6.78. The van der Waals surface area contributed by atoms with E-state index < -0.39 is 0 Å². The maximum Gasteiger partial charge on any atom is 0.249 e. The fraction of sp³-hybridized carbons (Fsp3) is 0.190. The normalized spacial score (nSPS) is 11.1. The SMILES string of the molecule is Cc1ccc(NC(=O)/C=C/c2c(C)nn(Cc3ccccc3Cl)c2C)nc1. The third kappa shape index (κ3) is 4.63. The monoisotopic (exact) mass is 380 g/mol. The Hall–Kier alpha value is -2.92. The Bertz CT molecular complexity index is 990. The highest BCUT2D eigenvalue weighted by Gasteiger charge is 2.11. The minimum atomic E-state index is -0.232. The number of anilines is 1. The van der Waals surface area contributed by atoms with Crippen LogP contribution < -0.4 is 5.32 Å². The molecule has 0 aliphatic carbocycles. The van der Waals surface area contributed by atoms with Gasteiger partial charge in [0.15, 0.2) is 0 Å². The molecule has 0 saturated carbocycles. The van der Waals surface area contributed by atoms with Crippen LogP contribution in [0.5, 0.6) is 0 Å². The summed E-state index contributed by atoms with van der Waals surface area (Å²) in [6.07, 6.45) is 5.00.